The smallest absolute Gasteiger partial charge is 0.336 e. The molecule has 0 saturated carbocycles. The zero-order valence-corrected chi connectivity index (χ0v) is 17.4. The van der Waals surface area contributed by atoms with Crippen LogP contribution in [0.25, 0.3) is 5.69 Å². The highest BCUT2D eigenvalue weighted by molar-refractivity contribution is 5.95. The van der Waals surface area contributed by atoms with Gasteiger partial charge < -0.3 is 4.90 Å². The molecule has 0 radical (unpaired) electrons. The van der Waals surface area contributed by atoms with Gasteiger partial charge in [0.1, 0.15) is 11.5 Å². The summed E-state index contributed by atoms with van der Waals surface area (Å²) in [5.74, 6) is -1.61. The summed E-state index contributed by atoms with van der Waals surface area (Å²) in [5, 5.41) is 3.71. The van der Waals surface area contributed by atoms with E-state index in [1.807, 2.05) is 31.2 Å². The molecule has 0 unspecified atom stereocenters. The molecule has 0 bridgehead atoms. The third-order valence-corrected chi connectivity index (χ3v) is 5.66. The summed E-state index contributed by atoms with van der Waals surface area (Å²) in [7, 11) is 0. The minimum Gasteiger partial charge on any atom is -0.336 e. The largest absolute Gasteiger partial charge is 0.434 e. The number of aryl methyl sites for hydroxylation is 1. The molecule has 32 heavy (non-hydrogen) atoms. The summed E-state index contributed by atoms with van der Waals surface area (Å²) in [6.07, 6.45) is -4.01. The molecule has 3 aromatic rings. The Morgan fingerprint density at radius 3 is 2.31 bits per heavy atom. The van der Waals surface area contributed by atoms with Gasteiger partial charge in [-0.1, -0.05) is 36.4 Å². The Bertz CT molecular complexity index is 1120. The molecule has 5 nitrogen and oxygen atoms in total. The summed E-state index contributed by atoms with van der Waals surface area (Å²) in [6, 6.07) is 13.0. The minimum atomic E-state index is -4.88. The van der Waals surface area contributed by atoms with Crippen LogP contribution in [0.4, 0.5) is 17.6 Å². The molecule has 1 saturated heterocycles. The van der Waals surface area contributed by atoms with Gasteiger partial charge >= 0.3 is 6.18 Å². The number of hydrogen-bond acceptors (Lipinski definition) is 3. The van der Waals surface area contributed by atoms with E-state index >= 15 is 0 Å². The normalized spacial score (nSPS) is 15.2. The van der Waals surface area contributed by atoms with Gasteiger partial charge in [0, 0.05) is 32.7 Å². The second kappa shape index (κ2) is 8.74. The van der Waals surface area contributed by atoms with Crippen LogP contribution in [-0.2, 0) is 12.7 Å². The van der Waals surface area contributed by atoms with E-state index in [1.165, 1.54) is 34.2 Å². The van der Waals surface area contributed by atoms with Crippen molar-refractivity contribution in [1.29, 1.82) is 0 Å². The van der Waals surface area contributed by atoms with Gasteiger partial charge in [-0.25, -0.2) is 9.07 Å². The van der Waals surface area contributed by atoms with Crippen molar-refractivity contribution < 1.29 is 22.4 Å². The van der Waals surface area contributed by atoms with Crippen LogP contribution < -0.4 is 0 Å². The second-order valence-corrected chi connectivity index (χ2v) is 7.76. The quantitative estimate of drug-likeness (QED) is 0.562. The van der Waals surface area contributed by atoms with Gasteiger partial charge in [0.15, 0.2) is 5.69 Å². The van der Waals surface area contributed by atoms with E-state index in [2.05, 4.69) is 10.00 Å². The van der Waals surface area contributed by atoms with Gasteiger partial charge in [0.2, 0.25) is 0 Å². The Kier molecular flexibility index (Phi) is 6.01. The van der Waals surface area contributed by atoms with Gasteiger partial charge in [0.25, 0.3) is 5.91 Å². The summed E-state index contributed by atoms with van der Waals surface area (Å²) < 4.78 is 56.2. The van der Waals surface area contributed by atoms with E-state index < -0.39 is 29.2 Å². The standard InChI is InChI=1S/C23H22F4N4O/c1-16-6-2-3-7-17(16)15-29-10-12-30(13-11-29)22(32)18-14-28-31(21(18)23(25,26)27)20-9-5-4-8-19(20)24/h2-9,14H,10-13,15H2,1H3. The van der Waals surface area contributed by atoms with Crippen LogP contribution in [0.15, 0.2) is 54.7 Å². The molecule has 0 spiro atoms. The highest BCUT2D eigenvalue weighted by Gasteiger charge is 2.42. The molecule has 1 amide bonds. The lowest BCUT2D eigenvalue weighted by Crippen LogP contribution is -2.48. The van der Waals surface area contributed by atoms with Crippen molar-refractivity contribution in [2.45, 2.75) is 19.6 Å². The molecular weight excluding hydrogens is 424 g/mol. The van der Waals surface area contributed by atoms with E-state index in [9.17, 15) is 22.4 Å². The molecule has 0 atom stereocenters. The maximum atomic E-state index is 14.1. The Morgan fingerprint density at radius 2 is 1.66 bits per heavy atom. The number of hydrogen-bond donors (Lipinski definition) is 0. The van der Waals surface area contributed by atoms with Gasteiger partial charge in [-0.2, -0.15) is 18.3 Å². The first-order chi connectivity index (χ1) is 15.3. The Labute approximate surface area is 182 Å². The first kappa shape index (κ1) is 22.0. The zero-order valence-electron chi connectivity index (χ0n) is 17.4. The van der Waals surface area contributed by atoms with E-state index in [4.69, 9.17) is 0 Å². The van der Waals surface area contributed by atoms with Crippen LogP contribution in [0, 0.1) is 12.7 Å². The van der Waals surface area contributed by atoms with Crippen LogP contribution >= 0.6 is 0 Å². The van der Waals surface area contributed by atoms with Crippen LogP contribution in [0.5, 0.6) is 0 Å². The summed E-state index contributed by atoms with van der Waals surface area (Å²) in [4.78, 5) is 16.5. The Morgan fingerprint density at radius 1 is 1.00 bits per heavy atom. The molecule has 0 aliphatic carbocycles. The number of carbonyl (C=O) groups is 1. The predicted molar refractivity (Wildman–Crippen MR) is 111 cm³/mol. The molecule has 2 heterocycles. The number of rotatable bonds is 4. The lowest BCUT2D eigenvalue weighted by molar-refractivity contribution is -0.143. The fourth-order valence-electron chi connectivity index (χ4n) is 3.89. The Balaban J connectivity index is 1.53. The van der Waals surface area contributed by atoms with Crippen molar-refractivity contribution in [3.05, 3.63) is 82.9 Å². The first-order valence-electron chi connectivity index (χ1n) is 10.2. The number of benzene rings is 2. The van der Waals surface area contributed by atoms with Crippen molar-refractivity contribution in [2.75, 3.05) is 26.2 Å². The van der Waals surface area contributed by atoms with Gasteiger partial charge in [-0.05, 0) is 30.2 Å². The molecule has 1 aliphatic heterocycles. The highest BCUT2D eigenvalue weighted by atomic mass is 19.4. The van der Waals surface area contributed by atoms with Crippen molar-refractivity contribution in [3.63, 3.8) is 0 Å². The minimum absolute atomic E-state index is 0.299. The molecule has 2 aromatic carbocycles. The van der Waals surface area contributed by atoms with Gasteiger partial charge in [-0.15, -0.1) is 0 Å². The summed E-state index contributed by atoms with van der Waals surface area (Å²) in [5.41, 5.74) is 0.143. The van der Waals surface area contributed by atoms with Crippen LogP contribution in [-0.4, -0.2) is 51.7 Å². The van der Waals surface area contributed by atoms with Crippen molar-refractivity contribution >= 4 is 5.91 Å². The maximum Gasteiger partial charge on any atom is 0.434 e. The molecule has 1 fully saturated rings. The number of piperazine rings is 1. The molecule has 168 valence electrons. The average molecular weight is 446 g/mol. The average Bonchev–Trinajstić information content (AvgIpc) is 3.21. The Hall–Kier alpha value is -3.20. The second-order valence-electron chi connectivity index (χ2n) is 7.76. The summed E-state index contributed by atoms with van der Waals surface area (Å²) >= 11 is 0. The van der Waals surface area contributed by atoms with E-state index in [0.717, 1.165) is 12.3 Å². The lowest BCUT2D eigenvalue weighted by atomic mass is 10.1. The third kappa shape index (κ3) is 4.38. The molecule has 9 heteroatoms. The number of amides is 1. The number of carbonyl (C=O) groups excluding carboxylic acids is 1. The first-order valence-corrected chi connectivity index (χ1v) is 10.2. The number of alkyl halides is 3. The fraction of sp³-hybridized carbons (Fsp3) is 0.304. The monoisotopic (exact) mass is 446 g/mol. The SMILES string of the molecule is Cc1ccccc1CN1CCN(C(=O)c2cnn(-c3ccccc3F)c2C(F)(F)F)CC1. The van der Waals surface area contributed by atoms with Gasteiger partial charge in [-0.3, -0.25) is 9.69 Å². The van der Waals surface area contributed by atoms with Crippen LogP contribution in [0.3, 0.4) is 0 Å². The highest BCUT2D eigenvalue weighted by Crippen LogP contribution is 2.34. The number of nitrogens with zero attached hydrogens (tertiary/aromatic N) is 4. The molecular formula is C23H22F4N4O. The van der Waals surface area contributed by atoms with Crippen molar-refractivity contribution in [1.82, 2.24) is 19.6 Å². The lowest BCUT2D eigenvalue weighted by Gasteiger charge is -2.35. The van der Waals surface area contributed by atoms with Gasteiger partial charge in [0.05, 0.1) is 11.8 Å². The third-order valence-electron chi connectivity index (χ3n) is 5.66. The summed E-state index contributed by atoms with van der Waals surface area (Å²) in [6.45, 7) is 4.43. The maximum absolute atomic E-state index is 14.1. The number of aromatic nitrogens is 2. The molecule has 4 rings (SSSR count). The van der Waals surface area contributed by atoms with Crippen molar-refractivity contribution in [2.24, 2.45) is 0 Å². The zero-order chi connectivity index (χ0) is 22.9. The van der Waals surface area contributed by atoms with E-state index in [1.54, 1.807) is 0 Å². The number of halogens is 4. The van der Waals surface area contributed by atoms with E-state index in [0.29, 0.717) is 37.4 Å². The van der Waals surface area contributed by atoms with Crippen LogP contribution in [0.1, 0.15) is 27.2 Å². The predicted octanol–water partition coefficient (Wildman–Crippen LogP) is 4.30. The van der Waals surface area contributed by atoms with Crippen LogP contribution in [0.2, 0.25) is 0 Å². The van der Waals surface area contributed by atoms with Crippen molar-refractivity contribution in [3.8, 4) is 5.69 Å². The fourth-order valence-corrected chi connectivity index (χ4v) is 3.89. The topological polar surface area (TPSA) is 41.4 Å². The molecule has 1 aromatic heterocycles. The van der Waals surface area contributed by atoms with E-state index in [-0.39, 0.29) is 5.69 Å². The molecule has 1 aliphatic rings. The molecule has 0 N–H and O–H groups in total. The number of para-hydroxylation sites is 1.